The first-order chi connectivity index (χ1) is 9.31. The van der Waals surface area contributed by atoms with Gasteiger partial charge in [0.15, 0.2) is 0 Å². The lowest BCUT2D eigenvalue weighted by Crippen LogP contribution is -2.21. The largest absolute Gasteiger partial charge is 0.347 e. The quantitative estimate of drug-likeness (QED) is 0.644. The van der Waals surface area contributed by atoms with Gasteiger partial charge < -0.3 is 4.57 Å². The fraction of sp³-hybridized carbons (Fsp3) is 0.176. The van der Waals surface area contributed by atoms with Crippen LogP contribution in [0.3, 0.4) is 0 Å². The topological polar surface area (TPSA) is 4.93 Å². The van der Waals surface area contributed by atoms with Gasteiger partial charge >= 0.3 is 0 Å². The maximum absolute atomic E-state index is 3.56. The van der Waals surface area contributed by atoms with Gasteiger partial charge in [0.25, 0.3) is 0 Å². The molecule has 2 heteroatoms. The molecule has 94 valence electrons. The molecule has 0 bridgehead atoms. The first-order valence-electron chi connectivity index (χ1n) is 6.63. The highest BCUT2D eigenvalue weighted by molar-refractivity contribution is 9.10. The summed E-state index contributed by atoms with van der Waals surface area (Å²) in [6.07, 6.45) is 3.42. The van der Waals surface area contributed by atoms with Crippen molar-refractivity contribution in [1.82, 2.24) is 4.57 Å². The summed E-state index contributed by atoms with van der Waals surface area (Å²) >= 11 is 3.56. The number of nitrogens with zero attached hydrogens (tertiary/aromatic N) is 1. The molecule has 1 aliphatic carbocycles. The Bertz CT molecular complexity index is 757. The van der Waals surface area contributed by atoms with Crippen LogP contribution in [0, 0.1) is 0 Å². The summed E-state index contributed by atoms with van der Waals surface area (Å²) in [5.74, 6) is 0.672. The van der Waals surface area contributed by atoms with Crippen molar-refractivity contribution in [2.75, 3.05) is 0 Å². The summed E-state index contributed by atoms with van der Waals surface area (Å²) in [6, 6.07) is 17.5. The second kappa shape index (κ2) is 4.24. The Hall–Kier alpha value is -1.54. The Labute approximate surface area is 121 Å². The minimum absolute atomic E-state index is 0.672. The van der Waals surface area contributed by atoms with Crippen LogP contribution in [0.1, 0.15) is 17.0 Å². The SMILES string of the molecule is Brc1ccc2ccn(CC3Cc4ccccc43)c2c1. The first-order valence-corrected chi connectivity index (χ1v) is 7.43. The van der Waals surface area contributed by atoms with Crippen LogP contribution in [-0.2, 0) is 13.0 Å². The standard InChI is InChI=1S/C17H14BrN/c18-15-6-5-12-7-8-19(17(12)10-15)11-14-9-13-3-1-2-4-16(13)14/h1-8,10,14H,9,11H2. The minimum Gasteiger partial charge on any atom is -0.347 e. The second-order valence-electron chi connectivity index (χ2n) is 5.27. The van der Waals surface area contributed by atoms with Gasteiger partial charge in [-0.2, -0.15) is 0 Å². The fourth-order valence-corrected chi connectivity index (χ4v) is 3.43. The van der Waals surface area contributed by atoms with Gasteiger partial charge in [-0.3, -0.25) is 0 Å². The van der Waals surface area contributed by atoms with Gasteiger partial charge in [-0.1, -0.05) is 46.3 Å². The van der Waals surface area contributed by atoms with E-state index >= 15 is 0 Å². The Morgan fingerprint density at radius 2 is 2.00 bits per heavy atom. The van der Waals surface area contributed by atoms with E-state index in [1.54, 1.807) is 0 Å². The second-order valence-corrected chi connectivity index (χ2v) is 6.19. The van der Waals surface area contributed by atoms with E-state index in [1.807, 2.05) is 0 Å². The van der Waals surface area contributed by atoms with Gasteiger partial charge in [0.1, 0.15) is 0 Å². The normalized spacial score (nSPS) is 17.2. The molecule has 1 nitrogen and oxygen atoms in total. The molecule has 0 aliphatic heterocycles. The van der Waals surface area contributed by atoms with Crippen molar-refractivity contribution in [3.63, 3.8) is 0 Å². The van der Waals surface area contributed by atoms with Crippen LogP contribution < -0.4 is 0 Å². The molecule has 1 unspecified atom stereocenters. The third kappa shape index (κ3) is 1.82. The van der Waals surface area contributed by atoms with Crippen molar-refractivity contribution < 1.29 is 0 Å². The van der Waals surface area contributed by atoms with Crippen LogP contribution in [0.2, 0.25) is 0 Å². The third-order valence-corrected chi connectivity index (χ3v) is 4.61. The van der Waals surface area contributed by atoms with Crippen molar-refractivity contribution in [3.05, 3.63) is 70.3 Å². The van der Waals surface area contributed by atoms with Crippen molar-refractivity contribution in [1.29, 1.82) is 0 Å². The predicted octanol–water partition coefficient (Wildman–Crippen LogP) is 4.74. The van der Waals surface area contributed by atoms with E-state index in [9.17, 15) is 0 Å². The average Bonchev–Trinajstić information content (AvgIpc) is 2.78. The zero-order valence-electron chi connectivity index (χ0n) is 10.5. The van der Waals surface area contributed by atoms with Gasteiger partial charge in [0.05, 0.1) is 0 Å². The van der Waals surface area contributed by atoms with Crippen LogP contribution in [0.15, 0.2) is 59.2 Å². The van der Waals surface area contributed by atoms with Gasteiger partial charge in [-0.15, -0.1) is 0 Å². The summed E-state index contributed by atoms with van der Waals surface area (Å²) < 4.78 is 3.52. The Kier molecular flexibility index (Phi) is 2.52. The summed E-state index contributed by atoms with van der Waals surface area (Å²) in [4.78, 5) is 0. The summed E-state index contributed by atoms with van der Waals surface area (Å²) in [5.41, 5.74) is 4.36. The summed E-state index contributed by atoms with van der Waals surface area (Å²) in [6.45, 7) is 1.08. The van der Waals surface area contributed by atoms with E-state index in [0.29, 0.717) is 5.92 Å². The lowest BCUT2D eigenvalue weighted by Gasteiger charge is -2.30. The van der Waals surface area contributed by atoms with E-state index in [4.69, 9.17) is 0 Å². The smallest absolute Gasteiger partial charge is 0.0491 e. The maximum atomic E-state index is 3.56. The molecule has 0 N–H and O–H groups in total. The molecule has 0 amide bonds. The molecule has 2 aromatic carbocycles. The van der Waals surface area contributed by atoms with E-state index in [0.717, 1.165) is 11.0 Å². The Morgan fingerprint density at radius 1 is 1.11 bits per heavy atom. The number of fused-ring (bicyclic) bond motifs is 2. The lowest BCUT2D eigenvalue weighted by atomic mass is 9.77. The summed E-state index contributed by atoms with van der Waals surface area (Å²) in [7, 11) is 0. The number of hydrogen-bond acceptors (Lipinski definition) is 0. The van der Waals surface area contributed by atoms with Crippen molar-refractivity contribution >= 4 is 26.8 Å². The highest BCUT2D eigenvalue weighted by Crippen LogP contribution is 2.36. The number of halogens is 1. The van der Waals surface area contributed by atoms with Crippen molar-refractivity contribution in [3.8, 4) is 0 Å². The third-order valence-electron chi connectivity index (χ3n) is 4.11. The van der Waals surface area contributed by atoms with Crippen LogP contribution in [0.4, 0.5) is 0 Å². The number of hydrogen-bond donors (Lipinski definition) is 0. The van der Waals surface area contributed by atoms with Crippen LogP contribution in [0.25, 0.3) is 10.9 Å². The monoisotopic (exact) mass is 311 g/mol. The molecule has 0 radical (unpaired) electrons. The molecule has 19 heavy (non-hydrogen) atoms. The predicted molar refractivity (Wildman–Crippen MR) is 82.5 cm³/mol. The lowest BCUT2D eigenvalue weighted by molar-refractivity contribution is 0.518. The molecule has 3 aromatic rings. The number of aromatic nitrogens is 1. The molecule has 1 atom stereocenters. The molecular formula is C17H14BrN. The number of benzene rings is 2. The Morgan fingerprint density at radius 3 is 2.89 bits per heavy atom. The van der Waals surface area contributed by atoms with Gasteiger partial charge in [-0.05, 0) is 41.1 Å². The molecular weight excluding hydrogens is 298 g/mol. The van der Waals surface area contributed by atoms with Crippen LogP contribution >= 0.6 is 15.9 Å². The molecule has 1 aromatic heterocycles. The minimum atomic E-state index is 0.672. The van der Waals surface area contributed by atoms with Gasteiger partial charge in [0.2, 0.25) is 0 Å². The van der Waals surface area contributed by atoms with Crippen molar-refractivity contribution in [2.24, 2.45) is 0 Å². The van der Waals surface area contributed by atoms with Gasteiger partial charge in [0, 0.05) is 28.6 Å². The zero-order chi connectivity index (χ0) is 12.8. The van der Waals surface area contributed by atoms with E-state index in [1.165, 1.54) is 28.5 Å². The molecule has 0 fully saturated rings. The molecule has 4 rings (SSSR count). The molecule has 1 heterocycles. The van der Waals surface area contributed by atoms with E-state index in [2.05, 4.69) is 75.2 Å². The Balaban J connectivity index is 1.68. The highest BCUT2D eigenvalue weighted by atomic mass is 79.9. The fourth-order valence-electron chi connectivity index (χ4n) is 3.08. The maximum Gasteiger partial charge on any atom is 0.0491 e. The first kappa shape index (κ1) is 11.3. The van der Waals surface area contributed by atoms with E-state index in [-0.39, 0.29) is 0 Å². The summed E-state index contributed by atoms with van der Waals surface area (Å²) in [5, 5.41) is 1.32. The zero-order valence-corrected chi connectivity index (χ0v) is 12.1. The van der Waals surface area contributed by atoms with Gasteiger partial charge in [-0.25, -0.2) is 0 Å². The number of rotatable bonds is 2. The molecule has 1 aliphatic rings. The van der Waals surface area contributed by atoms with Crippen LogP contribution in [0.5, 0.6) is 0 Å². The molecule has 0 saturated carbocycles. The van der Waals surface area contributed by atoms with Crippen LogP contribution in [-0.4, -0.2) is 4.57 Å². The molecule has 0 spiro atoms. The highest BCUT2D eigenvalue weighted by Gasteiger charge is 2.25. The molecule has 0 saturated heterocycles. The average molecular weight is 312 g/mol. The van der Waals surface area contributed by atoms with Crippen molar-refractivity contribution in [2.45, 2.75) is 18.9 Å². The van der Waals surface area contributed by atoms with E-state index < -0.39 is 0 Å².